The van der Waals surface area contributed by atoms with Gasteiger partial charge in [-0.2, -0.15) is 0 Å². The molecule has 2 rings (SSSR count). The molecule has 1 aliphatic rings. The SMILES string of the molecule is Fc1ccc(NC2CCO[C]2Cl)c(F)c1. The lowest BCUT2D eigenvalue weighted by Crippen LogP contribution is -2.20. The van der Waals surface area contributed by atoms with Crippen LogP contribution in [0.25, 0.3) is 0 Å². The summed E-state index contributed by atoms with van der Waals surface area (Å²) in [6, 6.07) is 3.14. The molecule has 1 radical (unpaired) electrons. The van der Waals surface area contributed by atoms with Gasteiger partial charge in [-0.05, 0) is 18.6 Å². The fourth-order valence-corrected chi connectivity index (χ4v) is 1.65. The normalized spacial score (nSPS) is 21.9. The first-order chi connectivity index (χ1) is 7.16. The van der Waals surface area contributed by atoms with Gasteiger partial charge in [0.15, 0.2) is 0 Å². The standard InChI is InChI=1S/C10H9ClF2NO/c11-10-9(3-4-15-10)14-8-2-1-6(12)5-7(8)13/h1-2,5,9,14H,3-4H2. The second-order valence-electron chi connectivity index (χ2n) is 3.26. The highest BCUT2D eigenvalue weighted by atomic mass is 35.5. The summed E-state index contributed by atoms with van der Waals surface area (Å²) in [6.45, 7) is 0.513. The molecule has 0 spiro atoms. The first-order valence-electron chi connectivity index (χ1n) is 4.53. The molecule has 0 aliphatic carbocycles. The van der Waals surface area contributed by atoms with Crippen molar-refractivity contribution < 1.29 is 13.5 Å². The summed E-state index contributed by atoms with van der Waals surface area (Å²) in [5.74, 6) is -1.23. The van der Waals surface area contributed by atoms with Crippen molar-refractivity contribution in [3.8, 4) is 0 Å². The van der Waals surface area contributed by atoms with Crippen LogP contribution in [0.4, 0.5) is 14.5 Å². The summed E-state index contributed by atoms with van der Waals surface area (Å²) in [5, 5.41) is 2.85. The maximum atomic E-state index is 13.2. The predicted octanol–water partition coefficient (Wildman–Crippen LogP) is 2.89. The molecule has 15 heavy (non-hydrogen) atoms. The lowest BCUT2D eigenvalue weighted by molar-refractivity contribution is 0.235. The van der Waals surface area contributed by atoms with Crippen LogP contribution in [0.5, 0.6) is 0 Å². The first kappa shape index (κ1) is 10.6. The molecule has 0 saturated carbocycles. The first-order valence-corrected chi connectivity index (χ1v) is 4.91. The van der Waals surface area contributed by atoms with Crippen LogP contribution in [0.3, 0.4) is 0 Å². The minimum absolute atomic E-state index is 0.216. The van der Waals surface area contributed by atoms with Gasteiger partial charge >= 0.3 is 0 Å². The number of halogens is 3. The molecule has 1 atom stereocenters. The number of hydrogen-bond acceptors (Lipinski definition) is 2. The van der Waals surface area contributed by atoms with E-state index in [9.17, 15) is 8.78 Å². The Kier molecular flexibility index (Phi) is 3.07. The number of nitrogens with one attached hydrogen (secondary N) is 1. The van der Waals surface area contributed by atoms with Crippen molar-refractivity contribution in [2.24, 2.45) is 0 Å². The van der Waals surface area contributed by atoms with E-state index in [0.29, 0.717) is 18.6 Å². The summed E-state index contributed by atoms with van der Waals surface area (Å²) in [6.07, 6.45) is 0.676. The maximum absolute atomic E-state index is 13.2. The highest BCUT2D eigenvalue weighted by Gasteiger charge is 2.28. The Labute approximate surface area is 91.2 Å². The molecule has 0 amide bonds. The van der Waals surface area contributed by atoms with Gasteiger partial charge in [-0.15, -0.1) is 0 Å². The van der Waals surface area contributed by atoms with Crippen LogP contribution in [-0.2, 0) is 4.74 Å². The van der Waals surface area contributed by atoms with E-state index < -0.39 is 11.6 Å². The molecule has 0 aromatic heterocycles. The Morgan fingerprint density at radius 3 is 2.80 bits per heavy atom. The van der Waals surface area contributed by atoms with Crippen LogP contribution in [0.1, 0.15) is 6.42 Å². The Bertz CT molecular complexity index is 361. The molecule has 5 heteroatoms. The molecule has 0 bridgehead atoms. The van der Waals surface area contributed by atoms with Gasteiger partial charge in [0.05, 0.1) is 18.3 Å². The smallest absolute Gasteiger partial charge is 0.206 e. The summed E-state index contributed by atoms with van der Waals surface area (Å²) < 4.78 is 30.9. The molecule has 81 valence electrons. The molecule has 1 fully saturated rings. The highest BCUT2D eigenvalue weighted by molar-refractivity contribution is 6.26. The number of rotatable bonds is 2. The van der Waals surface area contributed by atoms with Crippen LogP contribution in [0, 0.1) is 17.2 Å². The number of benzene rings is 1. The molecule has 1 aliphatic heterocycles. The fraction of sp³-hybridized carbons (Fsp3) is 0.300. The zero-order valence-corrected chi connectivity index (χ0v) is 8.52. The second kappa shape index (κ2) is 4.33. The predicted molar refractivity (Wildman–Crippen MR) is 53.4 cm³/mol. The minimum Gasteiger partial charge on any atom is -0.375 e. The number of ether oxygens (including phenoxy) is 1. The van der Waals surface area contributed by atoms with Gasteiger partial charge < -0.3 is 10.1 Å². The summed E-state index contributed by atoms with van der Waals surface area (Å²) >= 11 is 5.75. The van der Waals surface area contributed by atoms with E-state index in [-0.39, 0.29) is 11.7 Å². The van der Waals surface area contributed by atoms with Crippen LogP contribution >= 0.6 is 11.6 Å². The molecule has 1 saturated heterocycles. The van der Waals surface area contributed by atoms with Crippen molar-refractivity contribution in [3.05, 3.63) is 35.4 Å². The summed E-state index contributed by atoms with van der Waals surface area (Å²) in [7, 11) is 0. The Morgan fingerprint density at radius 2 is 2.20 bits per heavy atom. The second-order valence-corrected chi connectivity index (χ2v) is 3.63. The van der Waals surface area contributed by atoms with E-state index in [4.69, 9.17) is 16.3 Å². The zero-order valence-electron chi connectivity index (χ0n) is 7.77. The molecule has 1 N–H and O–H groups in total. The van der Waals surface area contributed by atoms with Gasteiger partial charge in [0.1, 0.15) is 11.6 Å². The molecule has 1 unspecified atom stereocenters. The van der Waals surface area contributed by atoms with Gasteiger partial charge in [0.25, 0.3) is 0 Å². The number of anilines is 1. The molecule has 1 heterocycles. The topological polar surface area (TPSA) is 21.3 Å². The quantitative estimate of drug-likeness (QED) is 0.847. The Balaban J connectivity index is 2.10. The summed E-state index contributed by atoms with van der Waals surface area (Å²) in [5.41, 5.74) is 0.545. The average molecular weight is 233 g/mol. The third-order valence-electron chi connectivity index (χ3n) is 2.18. The van der Waals surface area contributed by atoms with Gasteiger partial charge in [-0.1, -0.05) is 11.6 Å². The Morgan fingerprint density at radius 1 is 1.40 bits per heavy atom. The fourth-order valence-electron chi connectivity index (χ4n) is 1.41. The van der Waals surface area contributed by atoms with E-state index in [1.54, 1.807) is 0 Å². The van der Waals surface area contributed by atoms with Crippen molar-refractivity contribution in [2.75, 3.05) is 11.9 Å². The van der Waals surface area contributed by atoms with Gasteiger partial charge in [0.2, 0.25) is 5.56 Å². The van der Waals surface area contributed by atoms with E-state index in [0.717, 1.165) is 6.07 Å². The molecule has 1 aromatic carbocycles. The van der Waals surface area contributed by atoms with E-state index >= 15 is 0 Å². The average Bonchev–Trinajstić information content (AvgIpc) is 2.57. The summed E-state index contributed by atoms with van der Waals surface area (Å²) in [4.78, 5) is 0. The number of hydrogen-bond donors (Lipinski definition) is 1. The maximum Gasteiger partial charge on any atom is 0.206 e. The van der Waals surface area contributed by atoms with Crippen molar-refractivity contribution in [1.29, 1.82) is 0 Å². The van der Waals surface area contributed by atoms with Crippen molar-refractivity contribution >= 4 is 17.3 Å². The third-order valence-corrected chi connectivity index (χ3v) is 2.55. The van der Waals surface area contributed by atoms with E-state index in [2.05, 4.69) is 5.32 Å². The lowest BCUT2D eigenvalue weighted by Gasteiger charge is -2.15. The monoisotopic (exact) mass is 232 g/mol. The Hall–Kier alpha value is -0.870. The molecular formula is C10H9ClF2NO. The van der Waals surface area contributed by atoms with Crippen LogP contribution in [0.2, 0.25) is 0 Å². The largest absolute Gasteiger partial charge is 0.375 e. The molecular weight excluding hydrogens is 224 g/mol. The third kappa shape index (κ3) is 2.38. The highest BCUT2D eigenvalue weighted by Crippen LogP contribution is 2.28. The van der Waals surface area contributed by atoms with Crippen LogP contribution in [0.15, 0.2) is 18.2 Å². The lowest BCUT2D eigenvalue weighted by atomic mass is 10.2. The van der Waals surface area contributed by atoms with Gasteiger partial charge in [0, 0.05) is 6.07 Å². The van der Waals surface area contributed by atoms with Crippen molar-refractivity contribution in [3.63, 3.8) is 0 Å². The van der Waals surface area contributed by atoms with Crippen LogP contribution in [-0.4, -0.2) is 12.6 Å². The zero-order chi connectivity index (χ0) is 10.8. The van der Waals surface area contributed by atoms with Gasteiger partial charge in [-0.25, -0.2) is 8.78 Å². The van der Waals surface area contributed by atoms with E-state index in [1.165, 1.54) is 12.1 Å². The molecule has 2 nitrogen and oxygen atoms in total. The molecule has 1 aromatic rings. The van der Waals surface area contributed by atoms with Gasteiger partial charge in [-0.3, -0.25) is 0 Å². The van der Waals surface area contributed by atoms with Crippen molar-refractivity contribution in [1.82, 2.24) is 0 Å². The minimum atomic E-state index is -0.633. The van der Waals surface area contributed by atoms with E-state index in [1.807, 2.05) is 0 Å². The van der Waals surface area contributed by atoms with Crippen LogP contribution < -0.4 is 5.32 Å². The van der Waals surface area contributed by atoms with Crippen molar-refractivity contribution in [2.45, 2.75) is 12.5 Å².